The zero-order valence-electron chi connectivity index (χ0n) is 11.9. The number of thioether (sulfide) groups is 1. The van der Waals surface area contributed by atoms with Crippen LogP contribution >= 0.6 is 11.8 Å². The van der Waals surface area contributed by atoms with Gasteiger partial charge < -0.3 is 10.4 Å². The molecule has 0 bridgehead atoms. The number of carbonyl (C=O) groups is 2. The Hall–Kier alpha value is -1.49. The van der Waals surface area contributed by atoms with Gasteiger partial charge in [-0.25, -0.2) is 0 Å². The number of hydrogen-bond donors (Lipinski definition) is 2. The van der Waals surface area contributed by atoms with Crippen molar-refractivity contribution in [2.75, 3.05) is 11.1 Å². The summed E-state index contributed by atoms with van der Waals surface area (Å²) in [6, 6.07) is 7.54. The van der Waals surface area contributed by atoms with Gasteiger partial charge in [0.05, 0.1) is 5.75 Å². The normalized spacial score (nSPS) is 11.9. The third-order valence-corrected chi connectivity index (χ3v) is 3.92. The molecule has 1 unspecified atom stereocenters. The number of nitrogens with one attached hydrogen (secondary N) is 1. The second-order valence-corrected chi connectivity index (χ2v) is 5.84. The van der Waals surface area contributed by atoms with Crippen LogP contribution in [0.3, 0.4) is 0 Å². The molecule has 1 atom stereocenters. The van der Waals surface area contributed by atoms with E-state index in [0.717, 1.165) is 17.7 Å². The highest BCUT2D eigenvalue weighted by Gasteiger charge is 2.08. The summed E-state index contributed by atoms with van der Waals surface area (Å²) in [6.07, 6.45) is 1.51. The summed E-state index contributed by atoms with van der Waals surface area (Å²) < 4.78 is 0. The van der Waals surface area contributed by atoms with Gasteiger partial charge in [0.25, 0.3) is 0 Å². The number of anilines is 1. The number of hydrogen-bond acceptors (Lipinski definition) is 3. The van der Waals surface area contributed by atoms with Crippen LogP contribution in [0.4, 0.5) is 5.69 Å². The van der Waals surface area contributed by atoms with Crippen LogP contribution in [0.5, 0.6) is 0 Å². The van der Waals surface area contributed by atoms with Crippen LogP contribution in [-0.4, -0.2) is 22.7 Å². The largest absolute Gasteiger partial charge is 0.481 e. The van der Waals surface area contributed by atoms with Gasteiger partial charge >= 0.3 is 5.97 Å². The quantitative estimate of drug-likeness (QED) is 0.771. The molecule has 0 heterocycles. The van der Waals surface area contributed by atoms with Crippen molar-refractivity contribution in [1.29, 1.82) is 0 Å². The molecule has 1 aromatic carbocycles. The fourth-order valence-electron chi connectivity index (χ4n) is 1.67. The zero-order chi connectivity index (χ0) is 15.0. The van der Waals surface area contributed by atoms with Crippen molar-refractivity contribution < 1.29 is 14.7 Å². The van der Waals surface area contributed by atoms with E-state index in [4.69, 9.17) is 5.11 Å². The summed E-state index contributed by atoms with van der Waals surface area (Å²) in [5.41, 5.74) is 1.78. The van der Waals surface area contributed by atoms with E-state index in [-0.39, 0.29) is 11.7 Å². The molecule has 0 saturated carbocycles. The second-order valence-electron chi connectivity index (χ2n) is 4.85. The Balaban J connectivity index is 2.50. The fourth-order valence-corrected chi connectivity index (χ4v) is 2.36. The Bertz CT molecular complexity index is 462. The molecule has 0 aliphatic heterocycles. The minimum atomic E-state index is -0.812. The molecule has 0 aromatic heterocycles. The number of benzene rings is 1. The second kappa shape index (κ2) is 8.64. The van der Waals surface area contributed by atoms with Crippen LogP contribution in [0.1, 0.15) is 32.3 Å². The van der Waals surface area contributed by atoms with Crippen LogP contribution in [-0.2, 0) is 15.3 Å². The van der Waals surface area contributed by atoms with E-state index in [0.29, 0.717) is 18.1 Å². The van der Waals surface area contributed by atoms with Gasteiger partial charge in [-0.15, -0.1) is 11.8 Å². The van der Waals surface area contributed by atoms with E-state index in [1.54, 1.807) is 0 Å². The summed E-state index contributed by atoms with van der Waals surface area (Å²) >= 11 is 1.34. The third kappa shape index (κ3) is 6.61. The maximum Gasteiger partial charge on any atom is 0.313 e. The van der Waals surface area contributed by atoms with Crippen LogP contribution in [0.2, 0.25) is 0 Å². The highest BCUT2D eigenvalue weighted by Crippen LogP contribution is 2.17. The van der Waals surface area contributed by atoms with Gasteiger partial charge in [0.15, 0.2) is 0 Å². The Labute approximate surface area is 124 Å². The Morgan fingerprint density at radius 1 is 1.40 bits per heavy atom. The van der Waals surface area contributed by atoms with E-state index >= 15 is 0 Å². The molecule has 1 amide bonds. The first kappa shape index (κ1) is 16.6. The topological polar surface area (TPSA) is 66.4 Å². The Morgan fingerprint density at radius 3 is 2.80 bits per heavy atom. The first-order chi connectivity index (χ1) is 9.51. The molecule has 0 aliphatic rings. The summed E-state index contributed by atoms with van der Waals surface area (Å²) in [4.78, 5) is 22.3. The Kier molecular flexibility index (Phi) is 7.15. The van der Waals surface area contributed by atoms with E-state index in [2.05, 4.69) is 19.2 Å². The average Bonchev–Trinajstić information content (AvgIpc) is 2.38. The van der Waals surface area contributed by atoms with Gasteiger partial charge in [-0.2, -0.15) is 0 Å². The van der Waals surface area contributed by atoms with Gasteiger partial charge in [-0.3, -0.25) is 9.59 Å². The molecule has 110 valence electrons. The molecule has 0 spiro atoms. The molecule has 1 aromatic rings. The number of aliphatic carboxylic acids is 1. The lowest BCUT2D eigenvalue weighted by atomic mass is 10.0. The summed E-state index contributed by atoms with van der Waals surface area (Å²) in [5.74, 6) is 0.304. The van der Waals surface area contributed by atoms with E-state index in [9.17, 15) is 9.59 Å². The lowest BCUT2D eigenvalue weighted by Gasteiger charge is -2.10. The van der Waals surface area contributed by atoms with Gasteiger partial charge in [0, 0.05) is 17.9 Å². The first-order valence-electron chi connectivity index (χ1n) is 6.69. The first-order valence-corrected chi connectivity index (χ1v) is 7.85. The zero-order valence-corrected chi connectivity index (χ0v) is 12.7. The van der Waals surface area contributed by atoms with E-state index in [1.165, 1.54) is 11.8 Å². The molecule has 0 fully saturated rings. The molecule has 4 nitrogen and oxygen atoms in total. The van der Waals surface area contributed by atoms with E-state index in [1.807, 2.05) is 24.3 Å². The van der Waals surface area contributed by atoms with Crippen molar-refractivity contribution in [2.45, 2.75) is 32.4 Å². The molecular formula is C15H21NO3S. The molecule has 1 rings (SSSR count). The van der Waals surface area contributed by atoms with Crippen LogP contribution in [0.25, 0.3) is 0 Å². The third-order valence-electron chi connectivity index (χ3n) is 2.94. The van der Waals surface area contributed by atoms with Crippen molar-refractivity contribution in [2.24, 2.45) is 5.92 Å². The fraction of sp³-hybridized carbons (Fsp3) is 0.467. The molecular weight excluding hydrogens is 274 g/mol. The van der Waals surface area contributed by atoms with Gasteiger partial charge in [0.2, 0.25) is 5.91 Å². The predicted octanol–water partition coefficient (Wildman–Crippen LogP) is 3.38. The summed E-state index contributed by atoms with van der Waals surface area (Å²) in [6.45, 7) is 4.12. The van der Waals surface area contributed by atoms with Crippen LogP contribution < -0.4 is 5.32 Å². The maximum atomic E-state index is 11.8. The molecule has 0 radical (unpaired) electrons. The molecule has 0 aliphatic carbocycles. The van der Waals surface area contributed by atoms with Gasteiger partial charge in [-0.1, -0.05) is 32.4 Å². The number of amides is 1. The predicted molar refractivity (Wildman–Crippen MR) is 82.9 cm³/mol. The summed E-state index contributed by atoms with van der Waals surface area (Å²) in [5, 5.41) is 11.5. The highest BCUT2D eigenvalue weighted by molar-refractivity contribution is 7.99. The minimum Gasteiger partial charge on any atom is -0.481 e. The van der Waals surface area contributed by atoms with Crippen molar-refractivity contribution in [1.82, 2.24) is 0 Å². The van der Waals surface area contributed by atoms with Crippen molar-refractivity contribution in [3.05, 3.63) is 29.8 Å². The number of carbonyl (C=O) groups excluding carboxylic acids is 1. The molecule has 20 heavy (non-hydrogen) atoms. The summed E-state index contributed by atoms with van der Waals surface area (Å²) in [7, 11) is 0. The number of carboxylic acids is 1. The Morgan fingerprint density at radius 2 is 2.15 bits per heavy atom. The molecule has 0 saturated heterocycles. The van der Waals surface area contributed by atoms with Crippen LogP contribution in [0.15, 0.2) is 24.3 Å². The van der Waals surface area contributed by atoms with Crippen molar-refractivity contribution >= 4 is 29.3 Å². The monoisotopic (exact) mass is 295 g/mol. The van der Waals surface area contributed by atoms with Gasteiger partial charge in [0.1, 0.15) is 0 Å². The SMILES string of the molecule is CCC(C)CC(=O)Nc1cccc(CSCC(=O)O)c1. The highest BCUT2D eigenvalue weighted by atomic mass is 32.2. The number of carboxylic acid groups (broad SMARTS) is 1. The molecule has 5 heteroatoms. The smallest absolute Gasteiger partial charge is 0.313 e. The lowest BCUT2D eigenvalue weighted by molar-refractivity contribution is -0.133. The maximum absolute atomic E-state index is 11.8. The van der Waals surface area contributed by atoms with Crippen molar-refractivity contribution in [3.63, 3.8) is 0 Å². The molecule has 2 N–H and O–H groups in total. The standard InChI is InChI=1S/C15H21NO3S/c1-3-11(2)7-14(17)16-13-6-4-5-12(8-13)9-20-10-15(18)19/h4-6,8,11H,3,7,9-10H2,1-2H3,(H,16,17)(H,18,19). The number of rotatable bonds is 8. The van der Waals surface area contributed by atoms with Crippen molar-refractivity contribution in [3.8, 4) is 0 Å². The minimum absolute atomic E-state index is 0.0229. The lowest BCUT2D eigenvalue weighted by Crippen LogP contribution is -2.14. The average molecular weight is 295 g/mol. The van der Waals surface area contributed by atoms with Gasteiger partial charge in [-0.05, 0) is 23.6 Å². The van der Waals surface area contributed by atoms with E-state index < -0.39 is 5.97 Å². The van der Waals surface area contributed by atoms with Crippen LogP contribution in [0, 0.1) is 5.92 Å².